The van der Waals surface area contributed by atoms with E-state index >= 15 is 0 Å². The molecule has 0 radical (unpaired) electrons. The molecule has 5 rings (SSSR count). The maximum absolute atomic E-state index is 6.36. The molecule has 31 heavy (non-hydrogen) atoms. The standard InChI is InChI=1S/C21H25N9O/c1-5-29-19(14-8-22-13(4)23-9-14)26-17-20(29)24-11-25-21(17)31-15-6-7-16-27-28-18(12(2)3)30(16)10-15/h8-9,11-12,15H,5-7,10H2,1-4H3/t15-/m1/s1. The largest absolute Gasteiger partial charge is 0.471 e. The van der Waals surface area contributed by atoms with Crippen molar-refractivity contribution < 1.29 is 4.74 Å². The maximum atomic E-state index is 6.36. The summed E-state index contributed by atoms with van der Waals surface area (Å²) in [5.41, 5.74) is 2.23. The summed E-state index contributed by atoms with van der Waals surface area (Å²) in [6, 6.07) is 0. The lowest BCUT2D eigenvalue weighted by atomic mass is 10.1. The highest BCUT2D eigenvalue weighted by molar-refractivity contribution is 5.81. The molecule has 0 saturated carbocycles. The summed E-state index contributed by atoms with van der Waals surface area (Å²) in [4.78, 5) is 22.3. The molecule has 0 aliphatic carbocycles. The van der Waals surface area contributed by atoms with Crippen molar-refractivity contribution in [1.82, 2.24) is 44.3 Å². The van der Waals surface area contributed by atoms with Crippen LogP contribution in [0.1, 0.15) is 50.6 Å². The van der Waals surface area contributed by atoms with Gasteiger partial charge in [-0.05, 0) is 20.3 Å². The summed E-state index contributed by atoms with van der Waals surface area (Å²) >= 11 is 0. The molecule has 0 spiro atoms. The Bertz CT molecular complexity index is 1230. The lowest BCUT2D eigenvalue weighted by Crippen LogP contribution is -2.31. The zero-order chi connectivity index (χ0) is 21.5. The first-order valence-electron chi connectivity index (χ1n) is 10.6. The number of aromatic nitrogens is 9. The average Bonchev–Trinajstić information content (AvgIpc) is 3.36. The Kier molecular flexibility index (Phi) is 4.84. The predicted octanol–water partition coefficient (Wildman–Crippen LogP) is 2.72. The van der Waals surface area contributed by atoms with Gasteiger partial charge in [0.25, 0.3) is 0 Å². The van der Waals surface area contributed by atoms with Gasteiger partial charge in [0.1, 0.15) is 35.7 Å². The molecule has 1 aliphatic rings. The second-order valence-corrected chi connectivity index (χ2v) is 8.07. The molecule has 0 aromatic carbocycles. The molecular formula is C21H25N9O. The molecule has 1 aliphatic heterocycles. The van der Waals surface area contributed by atoms with Crippen molar-refractivity contribution in [3.63, 3.8) is 0 Å². The molecule has 0 fully saturated rings. The first kappa shape index (κ1) is 19.5. The number of hydrogen-bond acceptors (Lipinski definition) is 8. The number of aryl methyl sites for hydroxylation is 3. The number of hydrogen-bond donors (Lipinski definition) is 0. The van der Waals surface area contributed by atoms with Crippen molar-refractivity contribution in [2.45, 2.75) is 65.6 Å². The Morgan fingerprint density at radius 1 is 1.13 bits per heavy atom. The summed E-state index contributed by atoms with van der Waals surface area (Å²) in [6.07, 6.45) is 6.76. The Labute approximate surface area is 179 Å². The van der Waals surface area contributed by atoms with Gasteiger partial charge in [0, 0.05) is 31.3 Å². The predicted molar refractivity (Wildman–Crippen MR) is 114 cm³/mol. The number of imidazole rings is 1. The van der Waals surface area contributed by atoms with Crippen LogP contribution in [0.4, 0.5) is 0 Å². The van der Waals surface area contributed by atoms with Crippen LogP contribution in [-0.2, 0) is 19.5 Å². The molecule has 1 atom stereocenters. The Morgan fingerprint density at radius 3 is 2.68 bits per heavy atom. The number of fused-ring (bicyclic) bond motifs is 2. The van der Waals surface area contributed by atoms with Gasteiger partial charge in [-0.1, -0.05) is 13.8 Å². The second-order valence-electron chi connectivity index (χ2n) is 8.07. The topological polar surface area (TPSA) is 109 Å². The van der Waals surface area contributed by atoms with E-state index < -0.39 is 0 Å². The van der Waals surface area contributed by atoms with Gasteiger partial charge in [-0.25, -0.2) is 19.9 Å². The third kappa shape index (κ3) is 3.41. The molecule has 0 saturated heterocycles. The van der Waals surface area contributed by atoms with Gasteiger partial charge >= 0.3 is 0 Å². The van der Waals surface area contributed by atoms with Gasteiger partial charge in [-0.3, -0.25) is 0 Å². The van der Waals surface area contributed by atoms with Gasteiger partial charge in [-0.15, -0.1) is 10.2 Å². The van der Waals surface area contributed by atoms with E-state index in [0.29, 0.717) is 30.4 Å². The molecule has 5 heterocycles. The molecule has 0 unspecified atom stereocenters. The molecule has 4 aromatic heterocycles. The quantitative estimate of drug-likeness (QED) is 0.486. The van der Waals surface area contributed by atoms with Crippen LogP contribution in [0.2, 0.25) is 0 Å². The monoisotopic (exact) mass is 419 g/mol. The van der Waals surface area contributed by atoms with Crippen molar-refractivity contribution in [1.29, 1.82) is 0 Å². The fourth-order valence-corrected chi connectivity index (χ4v) is 4.03. The second kappa shape index (κ2) is 7.68. The van der Waals surface area contributed by atoms with Crippen molar-refractivity contribution in [3.05, 3.63) is 36.2 Å². The van der Waals surface area contributed by atoms with Crippen LogP contribution in [0.15, 0.2) is 18.7 Å². The minimum Gasteiger partial charge on any atom is -0.471 e. The van der Waals surface area contributed by atoms with Crippen molar-refractivity contribution in [2.24, 2.45) is 0 Å². The van der Waals surface area contributed by atoms with E-state index in [1.165, 1.54) is 6.33 Å². The van der Waals surface area contributed by atoms with Gasteiger partial charge < -0.3 is 13.9 Å². The summed E-state index contributed by atoms with van der Waals surface area (Å²) in [5, 5.41) is 8.70. The minimum atomic E-state index is -0.0305. The Balaban J connectivity index is 1.49. The summed E-state index contributed by atoms with van der Waals surface area (Å²) in [6.45, 7) is 9.59. The number of nitrogens with zero attached hydrogens (tertiary/aromatic N) is 9. The highest BCUT2D eigenvalue weighted by Crippen LogP contribution is 2.29. The van der Waals surface area contributed by atoms with E-state index in [1.807, 2.05) is 11.5 Å². The van der Waals surface area contributed by atoms with Gasteiger partial charge in [-0.2, -0.15) is 4.98 Å². The van der Waals surface area contributed by atoms with Crippen LogP contribution in [0.5, 0.6) is 5.88 Å². The molecule has 10 nitrogen and oxygen atoms in total. The van der Waals surface area contributed by atoms with Gasteiger partial charge in [0.05, 0.1) is 12.1 Å². The van der Waals surface area contributed by atoms with Crippen molar-refractivity contribution in [2.75, 3.05) is 0 Å². The molecule has 0 amide bonds. The van der Waals surface area contributed by atoms with E-state index in [4.69, 9.17) is 9.72 Å². The minimum absolute atomic E-state index is 0.0305. The molecule has 10 heteroatoms. The van der Waals surface area contributed by atoms with E-state index in [1.54, 1.807) is 12.4 Å². The Morgan fingerprint density at radius 2 is 1.94 bits per heavy atom. The zero-order valence-corrected chi connectivity index (χ0v) is 18.1. The molecule has 0 bridgehead atoms. The molecule has 0 N–H and O–H groups in total. The SMILES string of the molecule is CCn1c(-c2cnc(C)nc2)nc2c(O[C@@H]3CCc4nnc(C(C)C)n4C3)ncnc21. The number of rotatable bonds is 5. The highest BCUT2D eigenvalue weighted by Gasteiger charge is 2.27. The zero-order valence-electron chi connectivity index (χ0n) is 18.1. The first-order chi connectivity index (χ1) is 15.0. The number of ether oxygens (including phenoxy) is 1. The van der Waals surface area contributed by atoms with Crippen molar-refractivity contribution in [3.8, 4) is 17.3 Å². The van der Waals surface area contributed by atoms with Crippen LogP contribution in [0.25, 0.3) is 22.6 Å². The van der Waals surface area contributed by atoms with Crippen LogP contribution in [0.3, 0.4) is 0 Å². The van der Waals surface area contributed by atoms with E-state index in [-0.39, 0.29) is 6.10 Å². The van der Waals surface area contributed by atoms with Crippen molar-refractivity contribution >= 4 is 11.2 Å². The van der Waals surface area contributed by atoms with E-state index in [9.17, 15) is 0 Å². The molecule has 160 valence electrons. The van der Waals surface area contributed by atoms with Gasteiger partial charge in [0.15, 0.2) is 11.2 Å². The lowest BCUT2D eigenvalue weighted by molar-refractivity contribution is 0.149. The lowest BCUT2D eigenvalue weighted by Gasteiger charge is -2.25. The van der Waals surface area contributed by atoms with E-state index in [2.05, 4.69) is 55.5 Å². The normalized spacial score (nSPS) is 16.1. The van der Waals surface area contributed by atoms with Crippen LogP contribution < -0.4 is 4.74 Å². The summed E-state index contributed by atoms with van der Waals surface area (Å²) in [5.74, 6) is 4.30. The van der Waals surface area contributed by atoms with Crippen LogP contribution >= 0.6 is 0 Å². The average molecular weight is 419 g/mol. The highest BCUT2D eigenvalue weighted by atomic mass is 16.5. The third-order valence-electron chi connectivity index (χ3n) is 5.58. The van der Waals surface area contributed by atoms with Gasteiger partial charge in [0.2, 0.25) is 5.88 Å². The first-order valence-corrected chi connectivity index (χ1v) is 10.6. The van der Waals surface area contributed by atoms with Crippen LogP contribution in [0, 0.1) is 6.92 Å². The molecule has 4 aromatic rings. The van der Waals surface area contributed by atoms with E-state index in [0.717, 1.165) is 47.3 Å². The molecular weight excluding hydrogens is 394 g/mol. The van der Waals surface area contributed by atoms with Crippen LogP contribution in [-0.4, -0.2) is 50.4 Å². The smallest absolute Gasteiger partial charge is 0.245 e. The Hall–Kier alpha value is -3.43. The maximum Gasteiger partial charge on any atom is 0.245 e. The fraction of sp³-hybridized carbons (Fsp3) is 0.476. The third-order valence-corrected chi connectivity index (χ3v) is 5.58. The summed E-state index contributed by atoms with van der Waals surface area (Å²) in [7, 11) is 0. The summed E-state index contributed by atoms with van der Waals surface area (Å²) < 4.78 is 10.6. The fourth-order valence-electron chi connectivity index (χ4n) is 4.03.